The Kier molecular flexibility index (Phi) is 2.48. The average molecular weight is 224 g/mol. The number of nitrogens with one attached hydrogen (secondary N) is 1. The van der Waals surface area contributed by atoms with Crippen LogP contribution in [0, 0.1) is 6.92 Å². The Morgan fingerprint density at radius 2 is 2.33 bits per heavy atom. The Morgan fingerprint density at radius 3 is 3.00 bits per heavy atom. The first-order chi connectivity index (χ1) is 7.34. The molecule has 0 radical (unpaired) electrons. The van der Waals surface area contributed by atoms with Gasteiger partial charge in [-0.15, -0.1) is 0 Å². The summed E-state index contributed by atoms with van der Waals surface area (Å²) in [7, 11) is 0. The molecule has 1 aromatic heterocycles. The molecule has 0 spiro atoms. The van der Waals surface area contributed by atoms with E-state index < -0.39 is 0 Å². The highest BCUT2D eigenvalue weighted by Gasteiger charge is 2.31. The molecule has 3 rings (SSSR count). The van der Waals surface area contributed by atoms with E-state index in [4.69, 9.17) is 4.42 Å². The second-order valence-electron chi connectivity index (χ2n) is 4.35. The van der Waals surface area contributed by atoms with E-state index in [1.807, 2.05) is 18.7 Å². The molecule has 0 amide bonds. The van der Waals surface area contributed by atoms with Gasteiger partial charge in [-0.2, -0.15) is 11.8 Å². The Bertz CT molecular complexity index is 353. The molecule has 1 saturated carbocycles. The van der Waals surface area contributed by atoms with E-state index in [9.17, 15) is 0 Å². The zero-order valence-electron chi connectivity index (χ0n) is 8.95. The molecule has 1 atom stereocenters. The van der Waals surface area contributed by atoms with Gasteiger partial charge in [0.25, 0.3) is 0 Å². The Morgan fingerprint density at radius 1 is 1.47 bits per heavy atom. The zero-order chi connectivity index (χ0) is 10.3. The van der Waals surface area contributed by atoms with Crippen molar-refractivity contribution in [2.45, 2.75) is 31.7 Å². The number of rotatable bonds is 2. The van der Waals surface area contributed by atoms with Crippen molar-refractivity contribution < 1.29 is 4.42 Å². The van der Waals surface area contributed by atoms with E-state index in [0.717, 1.165) is 29.6 Å². The maximum absolute atomic E-state index is 5.73. The van der Waals surface area contributed by atoms with Crippen molar-refractivity contribution in [1.82, 2.24) is 10.3 Å². The molecule has 1 aromatic rings. The van der Waals surface area contributed by atoms with E-state index in [1.165, 1.54) is 18.6 Å². The summed E-state index contributed by atoms with van der Waals surface area (Å²) in [6.45, 7) is 3.12. The maximum atomic E-state index is 5.73. The number of hydrogen-bond acceptors (Lipinski definition) is 4. The van der Waals surface area contributed by atoms with Gasteiger partial charge in [-0.25, -0.2) is 4.98 Å². The number of hydrogen-bond donors (Lipinski definition) is 1. The van der Waals surface area contributed by atoms with Crippen LogP contribution in [0.5, 0.6) is 0 Å². The fraction of sp³-hybridized carbons (Fsp3) is 0.727. The van der Waals surface area contributed by atoms with Gasteiger partial charge in [-0.1, -0.05) is 0 Å². The van der Waals surface area contributed by atoms with Gasteiger partial charge >= 0.3 is 0 Å². The molecule has 1 N–H and O–H groups in total. The highest BCUT2D eigenvalue weighted by molar-refractivity contribution is 7.99. The van der Waals surface area contributed by atoms with Crippen LogP contribution in [0.3, 0.4) is 0 Å². The summed E-state index contributed by atoms with van der Waals surface area (Å²) in [6.07, 6.45) is 2.51. The van der Waals surface area contributed by atoms with E-state index in [1.54, 1.807) is 0 Å². The van der Waals surface area contributed by atoms with Gasteiger partial charge in [-0.3, -0.25) is 0 Å². The molecule has 2 aliphatic rings. The van der Waals surface area contributed by atoms with Crippen LogP contribution in [0.1, 0.15) is 42.1 Å². The zero-order valence-corrected chi connectivity index (χ0v) is 9.77. The minimum Gasteiger partial charge on any atom is -0.445 e. The number of aryl methyl sites for hydroxylation is 1. The largest absolute Gasteiger partial charge is 0.445 e. The third kappa shape index (κ3) is 1.93. The first-order valence-electron chi connectivity index (χ1n) is 5.63. The van der Waals surface area contributed by atoms with Crippen molar-refractivity contribution >= 4 is 11.8 Å². The third-order valence-electron chi connectivity index (χ3n) is 3.03. The summed E-state index contributed by atoms with van der Waals surface area (Å²) >= 11 is 2.00. The lowest BCUT2D eigenvalue weighted by Gasteiger charge is -2.21. The van der Waals surface area contributed by atoms with Gasteiger partial charge in [-0.05, 0) is 19.8 Å². The van der Waals surface area contributed by atoms with Gasteiger partial charge in [0, 0.05) is 24.0 Å². The van der Waals surface area contributed by atoms with Crippen LogP contribution in [0.25, 0.3) is 0 Å². The molecular weight excluding hydrogens is 208 g/mol. The molecule has 1 saturated heterocycles. The smallest absolute Gasteiger partial charge is 0.197 e. The molecule has 15 heavy (non-hydrogen) atoms. The summed E-state index contributed by atoms with van der Waals surface area (Å²) in [4.78, 5) is 4.65. The molecule has 2 heterocycles. The molecular formula is C11H16N2OS. The van der Waals surface area contributed by atoms with E-state index >= 15 is 0 Å². The van der Waals surface area contributed by atoms with Crippen molar-refractivity contribution in [2.75, 3.05) is 18.1 Å². The highest BCUT2D eigenvalue weighted by Crippen LogP contribution is 2.40. The third-order valence-corrected chi connectivity index (χ3v) is 4.09. The SMILES string of the molecule is Cc1oc(C2CC2)nc1C1CSCCN1. The molecule has 1 aliphatic heterocycles. The minimum absolute atomic E-state index is 0.403. The topological polar surface area (TPSA) is 38.1 Å². The fourth-order valence-corrected chi connectivity index (χ4v) is 2.94. The number of nitrogens with zero attached hydrogens (tertiary/aromatic N) is 1. The second kappa shape index (κ2) is 3.83. The molecule has 0 aromatic carbocycles. The summed E-state index contributed by atoms with van der Waals surface area (Å²) in [5.41, 5.74) is 1.14. The van der Waals surface area contributed by atoms with Crippen molar-refractivity contribution in [3.05, 3.63) is 17.3 Å². The van der Waals surface area contributed by atoms with Crippen molar-refractivity contribution in [1.29, 1.82) is 0 Å². The van der Waals surface area contributed by atoms with Crippen LogP contribution in [-0.2, 0) is 0 Å². The molecule has 2 fully saturated rings. The van der Waals surface area contributed by atoms with Crippen molar-refractivity contribution in [3.8, 4) is 0 Å². The van der Waals surface area contributed by atoms with Gasteiger partial charge in [0.15, 0.2) is 5.89 Å². The normalized spacial score (nSPS) is 26.9. The number of oxazole rings is 1. The lowest BCUT2D eigenvalue weighted by molar-refractivity contribution is 0.469. The summed E-state index contributed by atoms with van der Waals surface area (Å²) in [5.74, 6) is 4.94. The van der Waals surface area contributed by atoms with Crippen LogP contribution >= 0.6 is 11.8 Å². The lowest BCUT2D eigenvalue weighted by atomic mass is 10.2. The van der Waals surface area contributed by atoms with Crippen LogP contribution in [-0.4, -0.2) is 23.0 Å². The fourth-order valence-electron chi connectivity index (χ4n) is 2.00. The van der Waals surface area contributed by atoms with Crippen LogP contribution < -0.4 is 5.32 Å². The average Bonchev–Trinajstić information content (AvgIpc) is 3.04. The maximum Gasteiger partial charge on any atom is 0.197 e. The molecule has 1 aliphatic carbocycles. The standard InChI is InChI=1S/C11H16N2OS/c1-7-10(9-6-15-5-4-12-9)13-11(14-7)8-2-3-8/h8-9,12H,2-6H2,1H3. The van der Waals surface area contributed by atoms with Gasteiger partial charge in [0.05, 0.1) is 11.7 Å². The van der Waals surface area contributed by atoms with E-state index in [0.29, 0.717) is 12.0 Å². The Balaban J connectivity index is 1.82. The molecule has 3 nitrogen and oxygen atoms in total. The van der Waals surface area contributed by atoms with E-state index in [-0.39, 0.29) is 0 Å². The van der Waals surface area contributed by atoms with Gasteiger partial charge in [0.1, 0.15) is 5.76 Å². The minimum atomic E-state index is 0.403. The first-order valence-corrected chi connectivity index (χ1v) is 6.78. The summed E-state index contributed by atoms with van der Waals surface area (Å²) in [6, 6.07) is 0.403. The molecule has 0 bridgehead atoms. The lowest BCUT2D eigenvalue weighted by Crippen LogP contribution is -2.30. The van der Waals surface area contributed by atoms with Crippen LogP contribution in [0.15, 0.2) is 4.42 Å². The monoisotopic (exact) mass is 224 g/mol. The predicted molar refractivity (Wildman–Crippen MR) is 61.3 cm³/mol. The summed E-state index contributed by atoms with van der Waals surface area (Å²) in [5, 5.41) is 3.51. The quantitative estimate of drug-likeness (QED) is 0.836. The van der Waals surface area contributed by atoms with Crippen LogP contribution in [0.2, 0.25) is 0 Å². The number of thioether (sulfide) groups is 1. The molecule has 4 heteroatoms. The highest BCUT2D eigenvalue weighted by atomic mass is 32.2. The predicted octanol–water partition coefficient (Wildman–Crippen LogP) is 2.24. The van der Waals surface area contributed by atoms with Crippen molar-refractivity contribution in [2.24, 2.45) is 0 Å². The summed E-state index contributed by atoms with van der Waals surface area (Å²) < 4.78 is 5.73. The van der Waals surface area contributed by atoms with Gasteiger partial charge < -0.3 is 9.73 Å². The first kappa shape index (κ1) is 9.73. The van der Waals surface area contributed by atoms with Crippen molar-refractivity contribution in [3.63, 3.8) is 0 Å². The molecule has 1 unspecified atom stereocenters. The van der Waals surface area contributed by atoms with Gasteiger partial charge in [0.2, 0.25) is 0 Å². The van der Waals surface area contributed by atoms with Crippen LogP contribution in [0.4, 0.5) is 0 Å². The number of aromatic nitrogens is 1. The molecule has 82 valence electrons. The Hall–Kier alpha value is -0.480. The Labute approximate surface area is 94.0 Å². The van der Waals surface area contributed by atoms with E-state index in [2.05, 4.69) is 10.3 Å². The second-order valence-corrected chi connectivity index (χ2v) is 5.50.